The van der Waals surface area contributed by atoms with E-state index in [2.05, 4.69) is 40.6 Å². The van der Waals surface area contributed by atoms with Crippen LogP contribution in [-0.4, -0.2) is 13.2 Å². The third-order valence-electron chi connectivity index (χ3n) is 3.38. The summed E-state index contributed by atoms with van der Waals surface area (Å²) in [5, 5.41) is 4.15. The quantitative estimate of drug-likeness (QED) is 0.400. The molecule has 0 aromatic heterocycles. The van der Waals surface area contributed by atoms with Crippen LogP contribution in [0.25, 0.3) is 0 Å². The Morgan fingerprint density at radius 2 is 2.04 bits per heavy atom. The van der Waals surface area contributed by atoms with Gasteiger partial charge >= 0.3 is 0 Å². The molecule has 0 saturated carbocycles. The van der Waals surface area contributed by atoms with Crippen LogP contribution < -0.4 is 14.8 Å². The monoisotopic (exact) mass is 457 g/mol. The molecule has 1 N–H and O–H groups in total. The van der Waals surface area contributed by atoms with Crippen LogP contribution in [0.3, 0.4) is 0 Å². The van der Waals surface area contributed by atoms with Crippen molar-refractivity contribution in [2.24, 2.45) is 0 Å². The summed E-state index contributed by atoms with van der Waals surface area (Å²) in [7, 11) is 0. The highest BCUT2D eigenvalue weighted by atomic mass is 127. The van der Waals surface area contributed by atoms with Crippen LogP contribution >= 0.6 is 34.2 Å². The molecule has 0 amide bonds. The van der Waals surface area contributed by atoms with E-state index < -0.39 is 0 Å². The molecule has 3 nitrogen and oxygen atoms in total. The lowest BCUT2D eigenvalue weighted by Gasteiger charge is -2.15. The topological polar surface area (TPSA) is 30.5 Å². The largest absolute Gasteiger partial charge is 0.490 e. The van der Waals surface area contributed by atoms with Crippen molar-refractivity contribution in [2.45, 2.75) is 20.4 Å². The summed E-state index contributed by atoms with van der Waals surface area (Å²) in [6.07, 6.45) is 1.72. The lowest BCUT2D eigenvalue weighted by Crippen LogP contribution is -2.04. The number of aryl methyl sites for hydroxylation is 1. The number of nitrogens with one attached hydrogen (secondary N) is 1. The first-order valence-corrected chi connectivity index (χ1v) is 9.19. The number of halogens is 2. The Balaban J connectivity index is 2.17. The van der Waals surface area contributed by atoms with Gasteiger partial charge < -0.3 is 14.8 Å². The van der Waals surface area contributed by atoms with Crippen molar-refractivity contribution in [1.82, 2.24) is 0 Å². The Kier molecular flexibility index (Phi) is 7.24. The molecule has 0 heterocycles. The molecule has 0 aliphatic heterocycles. The van der Waals surface area contributed by atoms with Crippen LogP contribution in [-0.2, 0) is 6.54 Å². The van der Waals surface area contributed by atoms with E-state index in [1.807, 2.05) is 38.1 Å². The number of benzene rings is 2. The second-order valence-electron chi connectivity index (χ2n) is 5.26. The van der Waals surface area contributed by atoms with Crippen molar-refractivity contribution in [3.05, 3.63) is 62.7 Å². The number of anilines is 1. The lowest BCUT2D eigenvalue weighted by atomic mass is 10.2. The smallest absolute Gasteiger partial charge is 0.174 e. The Hall–Kier alpha value is -1.40. The molecule has 5 heteroatoms. The highest BCUT2D eigenvalue weighted by molar-refractivity contribution is 14.1. The second kappa shape index (κ2) is 9.18. The van der Waals surface area contributed by atoms with Crippen LogP contribution in [0.2, 0.25) is 5.02 Å². The van der Waals surface area contributed by atoms with E-state index >= 15 is 0 Å². The molecule has 0 unspecified atom stereocenters. The van der Waals surface area contributed by atoms with Gasteiger partial charge in [0, 0.05) is 17.3 Å². The predicted octanol–water partition coefficient (Wildman–Crippen LogP) is 5.83. The van der Waals surface area contributed by atoms with E-state index in [-0.39, 0.29) is 0 Å². The van der Waals surface area contributed by atoms with Gasteiger partial charge in [-0.05, 0) is 71.8 Å². The van der Waals surface area contributed by atoms with Crippen molar-refractivity contribution >= 4 is 39.9 Å². The number of rotatable bonds is 8. The van der Waals surface area contributed by atoms with Gasteiger partial charge in [-0.1, -0.05) is 30.3 Å². The Labute approximate surface area is 162 Å². The first-order chi connectivity index (χ1) is 11.5. The third-order valence-corrected chi connectivity index (χ3v) is 4.59. The van der Waals surface area contributed by atoms with Gasteiger partial charge in [0.2, 0.25) is 0 Å². The summed E-state index contributed by atoms with van der Waals surface area (Å²) in [5.74, 6) is 1.52. The standard InChI is InChI=1S/C19H21ClINO2/c1-4-8-24-19-17(21)9-14(10-18(19)23-5-2)12-22-15-7-6-13(3)16(20)11-15/h4,6-7,9-11,22H,1,5,8,12H2,2-3H3. The molecule has 0 saturated heterocycles. The van der Waals surface area contributed by atoms with Crippen molar-refractivity contribution in [2.75, 3.05) is 18.5 Å². The minimum absolute atomic E-state index is 0.454. The average molecular weight is 458 g/mol. The van der Waals surface area contributed by atoms with Crippen molar-refractivity contribution < 1.29 is 9.47 Å². The summed E-state index contributed by atoms with van der Waals surface area (Å²) in [4.78, 5) is 0. The van der Waals surface area contributed by atoms with Crippen molar-refractivity contribution in [3.63, 3.8) is 0 Å². The maximum Gasteiger partial charge on any atom is 0.174 e. The van der Waals surface area contributed by atoms with Gasteiger partial charge in [-0.25, -0.2) is 0 Å². The van der Waals surface area contributed by atoms with E-state index in [1.54, 1.807) is 6.08 Å². The van der Waals surface area contributed by atoms with Crippen LogP contribution in [0.4, 0.5) is 5.69 Å². The number of ether oxygens (including phenoxy) is 2. The van der Waals surface area contributed by atoms with Crippen LogP contribution in [0.15, 0.2) is 43.0 Å². The molecule has 24 heavy (non-hydrogen) atoms. The molecule has 2 rings (SSSR count). The van der Waals surface area contributed by atoms with Gasteiger partial charge in [0.25, 0.3) is 0 Å². The summed E-state index contributed by atoms with van der Waals surface area (Å²) in [6.45, 7) is 9.36. The highest BCUT2D eigenvalue weighted by Gasteiger charge is 2.12. The van der Waals surface area contributed by atoms with Gasteiger partial charge in [0.1, 0.15) is 6.61 Å². The third kappa shape index (κ3) is 5.05. The maximum absolute atomic E-state index is 6.17. The normalized spacial score (nSPS) is 10.3. The molecule has 0 bridgehead atoms. The summed E-state index contributed by atoms with van der Waals surface area (Å²) < 4.78 is 12.5. The first-order valence-electron chi connectivity index (χ1n) is 7.74. The number of hydrogen-bond acceptors (Lipinski definition) is 3. The molecule has 2 aromatic rings. The van der Waals surface area contributed by atoms with E-state index in [0.717, 1.165) is 36.9 Å². The van der Waals surface area contributed by atoms with Gasteiger partial charge in [-0.15, -0.1) is 0 Å². The van der Waals surface area contributed by atoms with Crippen LogP contribution in [0, 0.1) is 10.5 Å². The Bertz CT molecular complexity index is 719. The molecule has 0 aliphatic rings. The van der Waals surface area contributed by atoms with E-state index in [1.165, 1.54) is 0 Å². The summed E-state index contributed by atoms with van der Waals surface area (Å²) in [5.41, 5.74) is 3.18. The average Bonchev–Trinajstić information content (AvgIpc) is 2.55. The SMILES string of the molecule is C=CCOc1c(I)cc(CNc2ccc(C)c(Cl)c2)cc1OCC. The second-order valence-corrected chi connectivity index (χ2v) is 6.82. The summed E-state index contributed by atoms with van der Waals surface area (Å²) >= 11 is 8.44. The van der Waals surface area contributed by atoms with Gasteiger partial charge in [0.15, 0.2) is 11.5 Å². The maximum atomic E-state index is 6.17. The van der Waals surface area contributed by atoms with Crippen molar-refractivity contribution in [1.29, 1.82) is 0 Å². The molecule has 0 radical (unpaired) electrons. The molecular formula is C19H21ClINO2. The molecule has 0 fully saturated rings. The van der Waals surface area contributed by atoms with Gasteiger partial charge in [-0.3, -0.25) is 0 Å². The lowest BCUT2D eigenvalue weighted by molar-refractivity contribution is 0.295. The molecule has 128 valence electrons. The van der Waals surface area contributed by atoms with Crippen molar-refractivity contribution in [3.8, 4) is 11.5 Å². The molecular weight excluding hydrogens is 437 g/mol. The summed E-state index contributed by atoms with van der Waals surface area (Å²) in [6, 6.07) is 10.1. The molecule has 0 atom stereocenters. The Morgan fingerprint density at radius 1 is 1.25 bits per heavy atom. The zero-order chi connectivity index (χ0) is 17.5. The minimum Gasteiger partial charge on any atom is -0.490 e. The predicted molar refractivity (Wildman–Crippen MR) is 110 cm³/mol. The van der Waals surface area contributed by atoms with Gasteiger partial charge in [0.05, 0.1) is 10.2 Å². The Morgan fingerprint density at radius 3 is 2.71 bits per heavy atom. The molecule has 0 spiro atoms. The minimum atomic E-state index is 0.454. The van der Waals surface area contributed by atoms with E-state index in [0.29, 0.717) is 19.8 Å². The zero-order valence-corrected chi connectivity index (χ0v) is 16.8. The van der Waals surface area contributed by atoms with Gasteiger partial charge in [-0.2, -0.15) is 0 Å². The van der Waals surface area contributed by atoms with E-state index in [9.17, 15) is 0 Å². The fourth-order valence-corrected chi connectivity index (χ4v) is 3.18. The molecule has 2 aromatic carbocycles. The van der Waals surface area contributed by atoms with E-state index in [4.69, 9.17) is 21.1 Å². The molecule has 0 aliphatic carbocycles. The fraction of sp³-hybridized carbons (Fsp3) is 0.263. The van der Waals surface area contributed by atoms with Crippen LogP contribution in [0.1, 0.15) is 18.1 Å². The van der Waals surface area contributed by atoms with Crippen LogP contribution in [0.5, 0.6) is 11.5 Å². The zero-order valence-electron chi connectivity index (χ0n) is 13.9. The first kappa shape index (κ1) is 18.9. The fourth-order valence-electron chi connectivity index (χ4n) is 2.18. The number of hydrogen-bond donors (Lipinski definition) is 1. The highest BCUT2D eigenvalue weighted by Crippen LogP contribution is 2.34.